The molecule has 0 aliphatic carbocycles. The van der Waals surface area contributed by atoms with Crippen molar-refractivity contribution in [3.63, 3.8) is 0 Å². The summed E-state index contributed by atoms with van der Waals surface area (Å²) in [5.41, 5.74) is 6.44. The van der Waals surface area contributed by atoms with Gasteiger partial charge in [-0.2, -0.15) is 5.10 Å². The van der Waals surface area contributed by atoms with Gasteiger partial charge in [-0.1, -0.05) is 13.3 Å². The summed E-state index contributed by atoms with van der Waals surface area (Å²) in [4.78, 5) is 23.0. The van der Waals surface area contributed by atoms with Crippen molar-refractivity contribution < 1.29 is 14.0 Å². The van der Waals surface area contributed by atoms with Crippen LogP contribution in [-0.2, 0) is 11.3 Å². The van der Waals surface area contributed by atoms with Gasteiger partial charge in [0.15, 0.2) is 12.0 Å². The summed E-state index contributed by atoms with van der Waals surface area (Å²) in [7, 11) is 0. The van der Waals surface area contributed by atoms with E-state index in [-0.39, 0.29) is 23.8 Å². The number of carbonyl (C=O) groups excluding carboxylic acids is 2. The van der Waals surface area contributed by atoms with E-state index in [0.717, 1.165) is 12.8 Å². The molecule has 7 nitrogen and oxygen atoms in total. The molecule has 0 saturated carbocycles. The number of nitrogen functional groups attached to an aromatic ring is 1. The number of hydrogen-bond donors (Lipinski definition) is 2. The average Bonchev–Trinajstić information content (AvgIpc) is 3.08. The maximum absolute atomic E-state index is 11.8. The molecule has 0 unspecified atom stereocenters. The van der Waals surface area contributed by atoms with E-state index in [2.05, 4.69) is 10.4 Å². The summed E-state index contributed by atoms with van der Waals surface area (Å²) in [6.07, 6.45) is 4.02. The van der Waals surface area contributed by atoms with E-state index in [1.165, 1.54) is 10.9 Å². The number of furan rings is 1. The van der Waals surface area contributed by atoms with Crippen LogP contribution in [0, 0.1) is 0 Å². The fourth-order valence-corrected chi connectivity index (χ4v) is 1.92. The van der Waals surface area contributed by atoms with E-state index >= 15 is 0 Å². The standard InChI is InChI=1S/C14H18N4O3/c1-2-3-6-16-12(20)8-18-14(15)10(9-19)13(17-18)11-5-4-7-21-11/h4-5,7,9H,2-3,6,8,15H2,1H3,(H,16,20). The third kappa shape index (κ3) is 3.31. The first kappa shape index (κ1) is 14.8. The molecular formula is C14H18N4O3. The number of unbranched alkanes of at least 4 members (excludes halogenated alkanes) is 1. The molecule has 1 amide bonds. The second-order valence-corrected chi connectivity index (χ2v) is 4.60. The number of aromatic nitrogens is 2. The van der Waals surface area contributed by atoms with Gasteiger partial charge in [0.1, 0.15) is 18.1 Å². The molecule has 7 heteroatoms. The first-order chi connectivity index (χ1) is 10.2. The summed E-state index contributed by atoms with van der Waals surface area (Å²) < 4.78 is 6.53. The second kappa shape index (κ2) is 6.74. The second-order valence-electron chi connectivity index (χ2n) is 4.60. The van der Waals surface area contributed by atoms with Crippen molar-refractivity contribution in [1.29, 1.82) is 0 Å². The molecule has 0 saturated heterocycles. The monoisotopic (exact) mass is 290 g/mol. The molecule has 2 rings (SSSR count). The fourth-order valence-electron chi connectivity index (χ4n) is 1.92. The van der Waals surface area contributed by atoms with Crippen LogP contribution in [0.15, 0.2) is 22.8 Å². The van der Waals surface area contributed by atoms with Gasteiger partial charge >= 0.3 is 0 Å². The third-order valence-electron chi connectivity index (χ3n) is 3.05. The molecule has 2 aromatic heterocycles. The fraction of sp³-hybridized carbons (Fsp3) is 0.357. The molecule has 0 fully saturated rings. The Balaban J connectivity index is 2.17. The number of nitrogens with one attached hydrogen (secondary N) is 1. The van der Waals surface area contributed by atoms with Crippen molar-refractivity contribution in [1.82, 2.24) is 15.1 Å². The van der Waals surface area contributed by atoms with Gasteiger partial charge in [-0.25, -0.2) is 4.68 Å². The van der Waals surface area contributed by atoms with Crippen molar-refractivity contribution in [3.8, 4) is 11.5 Å². The van der Waals surface area contributed by atoms with Gasteiger partial charge in [0.2, 0.25) is 5.91 Å². The molecule has 112 valence electrons. The Labute approximate surface area is 122 Å². The van der Waals surface area contributed by atoms with Crippen LogP contribution in [0.2, 0.25) is 0 Å². The molecule has 0 atom stereocenters. The highest BCUT2D eigenvalue weighted by molar-refractivity contribution is 5.91. The lowest BCUT2D eigenvalue weighted by molar-refractivity contribution is -0.121. The van der Waals surface area contributed by atoms with Crippen LogP contribution in [0.25, 0.3) is 11.5 Å². The molecule has 21 heavy (non-hydrogen) atoms. The number of nitrogens with two attached hydrogens (primary N) is 1. The largest absolute Gasteiger partial charge is 0.463 e. The zero-order valence-corrected chi connectivity index (χ0v) is 11.8. The highest BCUT2D eigenvalue weighted by Gasteiger charge is 2.19. The molecule has 2 aromatic rings. The Morgan fingerprint density at radius 3 is 3.00 bits per heavy atom. The summed E-state index contributed by atoms with van der Waals surface area (Å²) in [5.74, 6) is 0.400. The zero-order valence-electron chi connectivity index (χ0n) is 11.8. The Bertz CT molecular complexity index is 616. The minimum absolute atomic E-state index is 0.0307. The van der Waals surface area contributed by atoms with Crippen LogP contribution in [0.1, 0.15) is 30.1 Å². The van der Waals surface area contributed by atoms with E-state index in [1.54, 1.807) is 12.1 Å². The highest BCUT2D eigenvalue weighted by atomic mass is 16.3. The minimum Gasteiger partial charge on any atom is -0.463 e. The van der Waals surface area contributed by atoms with E-state index < -0.39 is 0 Å². The predicted molar refractivity (Wildman–Crippen MR) is 77.6 cm³/mol. The summed E-state index contributed by atoms with van der Waals surface area (Å²) in [6, 6.07) is 3.37. The van der Waals surface area contributed by atoms with Crippen molar-refractivity contribution in [2.45, 2.75) is 26.3 Å². The number of hydrogen-bond acceptors (Lipinski definition) is 5. The molecular weight excluding hydrogens is 272 g/mol. The Kier molecular flexibility index (Phi) is 4.76. The first-order valence-corrected chi connectivity index (χ1v) is 6.79. The molecule has 0 spiro atoms. The number of aldehydes is 1. The SMILES string of the molecule is CCCCNC(=O)Cn1nc(-c2ccco2)c(C=O)c1N. The Morgan fingerprint density at radius 1 is 1.57 bits per heavy atom. The van der Waals surface area contributed by atoms with Gasteiger partial charge in [0.05, 0.1) is 11.8 Å². The smallest absolute Gasteiger partial charge is 0.241 e. The molecule has 3 N–H and O–H groups in total. The summed E-state index contributed by atoms with van der Waals surface area (Å²) in [6.45, 7) is 2.63. The number of amides is 1. The lowest BCUT2D eigenvalue weighted by Gasteiger charge is -2.05. The lowest BCUT2D eigenvalue weighted by Crippen LogP contribution is -2.29. The quantitative estimate of drug-likeness (QED) is 0.593. The minimum atomic E-state index is -0.193. The molecule has 0 aliphatic heterocycles. The number of anilines is 1. The van der Waals surface area contributed by atoms with Gasteiger partial charge < -0.3 is 15.5 Å². The van der Waals surface area contributed by atoms with E-state index in [1.807, 2.05) is 6.92 Å². The Morgan fingerprint density at radius 2 is 2.38 bits per heavy atom. The normalized spacial score (nSPS) is 10.5. The molecule has 0 radical (unpaired) electrons. The average molecular weight is 290 g/mol. The van der Waals surface area contributed by atoms with Crippen molar-refractivity contribution in [2.75, 3.05) is 12.3 Å². The van der Waals surface area contributed by atoms with Crippen LogP contribution in [-0.4, -0.2) is 28.5 Å². The van der Waals surface area contributed by atoms with E-state index in [0.29, 0.717) is 24.3 Å². The Hall–Kier alpha value is -2.57. The van der Waals surface area contributed by atoms with Crippen LogP contribution < -0.4 is 11.1 Å². The summed E-state index contributed by atoms with van der Waals surface area (Å²) in [5, 5.41) is 6.97. The van der Waals surface area contributed by atoms with Crippen LogP contribution >= 0.6 is 0 Å². The molecule has 0 aliphatic rings. The molecule has 2 heterocycles. The summed E-state index contributed by atoms with van der Waals surface area (Å²) >= 11 is 0. The zero-order chi connectivity index (χ0) is 15.2. The maximum Gasteiger partial charge on any atom is 0.241 e. The van der Waals surface area contributed by atoms with Crippen LogP contribution in [0.4, 0.5) is 5.82 Å². The van der Waals surface area contributed by atoms with Gasteiger partial charge in [0, 0.05) is 6.54 Å². The van der Waals surface area contributed by atoms with Gasteiger partial charge in [-0.15, -0.1) is 0 Å². The maximum atomic E-state index is 11.8. The van der Waals surface area contributed by atoms with Crippen molar-refractivity contribution in [2.24, 2.45) is 0 Å². The van der Waals surface area contributed by atoms with Crippen molar-refractivity contribution >= 4 is 18.0 Å². The third-order valence-corrected chi connectivity index (χ3v) is 3.05. The lowest BCUT2D eigenvalue weighted by atomic mass is 10.2. The van der Waals surface area contributed by atoms with E-state index in [4.69, 9.17) is 10.2 Å². The van der Waals surface area contributed by atoms with Crippen LogP contribution in [0.5, 0.6) is 0 Å². The first-order valence-electron chi connectivity index (χ1n) is 6.79. The van der Waals surface area contributed by atoms with Gasteiger partial charge in [-0.05, 0) is 18.6 Å². The topological polar surface area (TPSA) is 103 Å². The molecule has 0 aromatic carbocycles. The van der Waals surface area contributed by atoms with Crippen LogP contribution in [0.3, 0.4) is 0 Å². The van der Waals surface area contributed by atoms with E-state index in [9.17, 15) is 9.59 Å². The van der Waals surface area contributed by atoms with Crippen molar-refractivity contribution in [3.05, 3.63) is 24.0 Å². The van der Waals surface area contributed by atoms with Gasteiger partial charge in [-0.3, -0.25) is 9.59 Å². The van der Waals surface area contributed by atoms with Gasteiger partial charge in [0.25, 0.3) is 0 Å². The number of nitrogens with zero attached hydrogens (tertiary/aromatic N) is 2. The number of rotatable bonds is 7. The molecule has 0 bridgehead atoms. The predicted octanol–water partition coefficient (Wildman–Crippen LogP) is 1.45. The highest BCUT2D eigenvalue weighted by Crippen LogP contribution is 2.25. The number of carbonyl (C=O) groups is 2.